The Bertz CT molecular complexity index is 1290. The molecule has 140 valence electrons. The van der Waals surface area contributed by atoms with E-state index >= 15 is 0 Å². The molecule has 0 radical (unpaired) electrons. The molecule has 8 heteroatoms. The minimum absolute atomic E-state index is 0.0460. The summed E-state index contributed by atoms with van der Waals surface area (Å²) in [5.41, 5.74) is 2.42. The Balaban J connectivity index is 1.39. The Morgan fingerprint density at radius 1 is 1.11 bits per heavy atom. The van der Waals surface area contributed by atoms with Gasteiger partial charge in [-0.1, -0.05) is 28.1 Å². The summed E-state index contributed by atoms with van der Waals surface area (Å²) >= 11 is 3.38. The summed E-state index contributed by atoms with van der Waals surface area (Å²) in [6, 6.07) is 13.3. The van der Waals surface area contributed by atoms with E-state index in [1.54, 1.807) is 17.0 Å². The van der Waals surface area contributed by atoms with Crippen LogP contribution in [0.1, 0.15) is 6.42 Å². The van der Waals surface area contributed by atoms with Gasteiger partial charge >= 0.3 is 0 Å². The molecule has 0 atom stereocenters. The molecule has 1 amide bonds. The molecular weight excluding hydrogens is 422 g/mol. The van der Waals surface area contributed by atoms with Crippen LogP contribution in [0.4, 0.5) is 5.95 Å². The molecule has 1 aliphatic rings. The molecule has 3 heterocycles. The van der Waals surface area contributed by atoms with E-state index < -0.39 is 0 Å². The quantitative estimate of drug-likeness (QED) is 0.493. The van der Waals surface area contributed by atoms with Crippen LogP contribution in [0.25, 0.3) is 21.9 Å². The summed E-state index contributed by atoms with van der Waals surface area (Å²) in [4.78, 5) is 36.1. The van der Waals surface area contributed by atoms with Crippen molar-refractivity contribution < 1.29 is 4.79 Å². The Morgan fingerprint density at radius 2 is 1.96 bits per heavy atom. The highest BCUT2D eigenvalue weighted by Gasteiger charge is 2.28. The smallest absolute Gasteiger partial charge is 0.261 e. The van der Waals surface area contributed by atoms with Crippen molar-refractivity contribution in [1.82, 2.24) is 19.1 Å². The fraction of sp³-hybridized carbons (Fsp3) is 0.200. The van der Waals surface area contributed by atoms with Gasteiger partial charge in [0.1, 0.15) is 0 Å². The van der Waals surface area contributed by atoms with Crippen LogP contribution < -0.4 is 10.5 Å². The van der Waals surface area contributed by atoms with Crippen LogP contribution in [0.3, 0.4) is 0 Å². The van der Waals surface area contributed by atoms with Crippen LogP contribution in [0.15, 0.2) is 58.1 Å². The fourth-order valence-corrected chi connectivity index (χ4v) is 4.03. The number of hydrogen-bond acceptors (Lipinski definition) is 4. The van der Waals surface area contributed by atoms with E-state index in [1.165, 1.54) is 10.9 Å². The number of anilines is 1. The van der Waals surface area contributed by atoms with Crippen LogP contribution in [-0.4, -0.2) is 31.6 Å². The van der Waals surface area contributed by atoms with E-state index in [9.17, 15) is 9.59 Å². The lowest BCUT2D eigenvalue weighted by Gasteiger charge is -2.14. The number of fused-ring (bicyclic) bond motifs is 4. The standard InChI is InChI=1S/C20H16BrN5O2/c21-13-5-6-15-14(11-13)19(28)24(12-22-15)8-7-18(27)26-10-9-25-17-4-2-1-3-16(17)23-20(25)26/h1-6,11-12H,7-10H2. The first-order valence-electron chi connectivity index (χ1n) is 9.02. The molecule has 0 spiro atoms. The zero-order chi connectivity index (χ0) is 19.3. The number of aryl methyl sites for hydroxylation is 1. The first-order chi connectivity index (χ1) is 13.6. The van der Waals surface area contributed by atoms with E-state index in [0.717, 1.165) is 22.1 Å². The molecule has 2 aromatic carbocycles. The van der Waals surface area contributed by atoms with E-state index in [0.29, 0.717) is 23.4 Å². The molecular formula is C20H16BrN5O2. The number of para-hydroxylation sites is 2. The van der Waals surface area contributed by atoms with E-state index in [4.69, 9.17) is 0 Å². The van der Waals surface area contributed by atoms with Crippen molar-refractivity contribution in [2.75, 3.05) is 11.4 Å². The van der Waals surface area contributed by atoms with Crippen molar-refractivity contribution >= 4 is 49.7 Å². The predicted octanol–water partition coefficient (Wildman–Crippen LogP) is 2.95. The van der Waals surface area contributed by atoms with Crippen LogP contribution in [0.2, 0.25) is 0 Å². The highest BCUT2D eigenvalue weighted by Crippen LogP contribution is 2.27. The van der Waals surface area contributed by atoms with Gasteiger partial charge in [-0.25, -0.2) is 9.97 Å². The van der Waals surface area contributed by atoms with Gasteiger partial charge in [0.15, 0.2) is 0 Å². The average Bonchev–Trinajstić information content (AvgIpc) is 3.27. The minimum Gasteiger partial charge on any atom is -0.308 e. The molecule has 5 rings (SSSR count). The second-order valence-electron chi connectivity index (χ2n) is 6.75. The van der Waals surface area contributed by atoms with Gasteiger partial charge in [0.2, 0.25) is 11.9 Å². The van der Waals surface area contributed by atoms with E-state index in [-0.39, 0.29) is 24.4 Å². The number of amides is 1. The summed E-state index contributed by atoms with van der Waals surface area (Å²) in [5.74, 6) is 0.634. The van der Waals surface area contributed by atoms with Crippen LogP contribution >= 0.6 is 15.9 Å². The van der Waals surface area contributed by atoms with Gasteiger partial charge in [0, 0.05) is 30.5 Å². The monoisotopic (exact) mass is 437 g/mol. The van der Waals surface area contributed by atoms with Gasteiger partial charge in [-0.05, 0) is 30.3 Å². The number of rotatable bonds is 3. The molecule has 4 aromatic rings. The summed E-state index contributed by atoms with van der Waals surface area (Å²) < 4.78 is 4.38. The van der Waals surface area contributed by atoms with E-state index in [1.807, 2.05) is 30.3 Å². The van der Waals surface area contributed by atoms with Crippen molar-refractivity contribution in [3.05, 3.63) is 63.6 Å². The van der Waals surface area contributed by atoms with Crippen molar-refractivity contribution in [3.63, 3.8) is 0 Å². The maximum Gasteiger partial charge on any atom is 0.261 e. The zero-order valence-electron chi connectivity index (χ0n) is 14.9. The van der Waals surface area contributed by atoms with Crippen LogP contribution in [-0.2, 0) is 17.9 Å². The molecule has 0 saturated heterocycles. The van der Waals surface area contributed by atoms with Crippen LogP contribution in [0.5, 0.6) is 0 Å². The lowest BCUT2D eigenvalue weighted by molar-refractivity contribution is -0.118. The number of carbonyl (C=O) groups excluding carboxylic acids is 1. The maximum atomic E-state index is 12.8. The Hall–Kier alpha value is -3.00. The molecule has 0 saturated carbocycles. The van der Waals surface area contributed by atoms with Gasteiger partial charge in [0.05, 0.1) is 28.3 Å². The number of benzene rings is 2. The minimum atomic E-state index is -0.146. The third-order valence-electron chi connectivity index (χ3n) is 5.08. The second kappa shape index (κ2) is 6.56. The highest BCUT2D eigenvalue weighted by molar-refractivity contribution is 9.10. The van der Waals surface area contributed by atoms with E-state index in [2.05, 4.69) is 30.5 Å². The van der Waals surface area contributed by atoms with Crippen molar-refractivity contribution in [2.45, 2.75) is 19.5 Å². The first kappa shape index (κ1) is 17.1. The predicted molar refractivity (Wildman–Crippen MR) is 110 cm³/mol. The zero-order valence-corrected chi connectivity index (χ0v) is 16.5. The summed E-state index contributed by atoms with van der Waals surface area (Å²) in [5, 5.41) is 0.535. The Kier molecular flexibility index (Phi) is 4.01. The number of imidazole rings is 1. The summed E-state index contributed by atoms with van der Waals surface area (Å²) in [6.45, 7) is 1.61. The molecule has 0 N–H and O–H groups in total. The SMILES string of the molecule is O=C(CCn1cnc2ccc(Br)cc2c1=O)N1CCn2c1nc1ccccc12. The molecule has 2 aromatic heterocycles. The van der Waals surface area contributed by atoms with Gasteiger partial charge in [0.25, 0.3) is 5.56 Å². The molecule has 0 fully saturated rings. The molecule has 0 unspecified atom stereocenters. The average molecular weight is 438 g/mol. The maximum absolute atomic E-state index is 12.8. The third kappa shape index (κ3) is 2.72. The molecule has 28 heavy (non-hydrogen) atoms. The molecule has 7 nitrogen and oxygen atoms in total. The third-order valence-corrected chi connectivity index (χ3v) is 5.57. The number of halogens is 1. The van der Waals surface area contributed by atoms with Gasteiger partial charge in [-0.2, -0.15) is 0 Å². The van der Waals surface area contributed by atoms with Gasteiger partial charge in [-0.3, -0.25) is 19.1 Å². The Morgan fingerprint density at radius 3 is 2.86 bits per heavy atom. The largest absolute Gasteiger partial charge is 0.308 e. The molecule has 0 aliphatic carbocycles. The Labute approximate surface area is 168 Å². The normalized spacial score (nSPS) is 13.4. The van der Waals surface area contributed by atoms with Crippen molar-refractivity contribution in [1.29, 1.82) is 0 Å². The molecule has 0 bridgehead atoms. The van der Waals surface area contributed by atoms with Crippen molar-refractivity contribution in [2.24, 2.45) is 0 Å². The second-order valence-corrected chi connectivity index (χ2v) is 7.67. The number of nitrogens with zero attached hydrogens (tertiary/aromatic N) is 5. The molecule has 1 aliphatic heterocycles. The lowest BCUT2D eigenvalue weighted by Crippen LogP contribution is -2.31. The van der Waals surface area contributed by atoms with Crippen molar-refractivity contribution in [3.8, 4) is 0 Å². The highest BCUT2D eigenvalue weighted by atomic mass is 79.9. The number of carbonyl (C=O) groups is 1. The van der Waals surface area contributed by atoms with Crippen LogP contribution in [0, 0.1) is 0 Å². The summed E-state index contributed by atoms with van der Waals surface area (Å²) in [7, 11) is 0. The topological polar surface area (TPSA) is 73.0 Å². The van der Waals surface area contributed by atoms with Gasteiger partial charge in [-0.15, -0.1) is 0 Å². The first-order valence-corrected chi connectivity index (χ1v) is 9.81. The number of hydrogen-bond donors (Lipinski definition) is 0. The van der Waals surface area contributed by atoms with Gasteiger partial charge < -0.3 is 4.57 Å². The fourth-order valence-electron chi connectivity index (χ4n) is 3.67. The lowest BCUT2D eigenvalue weighted by atomic mass is 10.2. The number of aromatic nitrogens is 4. The summed E-state index contributed by atoms with van der Waals surface area (Å²) in [6.07, 6.45) is 1.72.